The summed E-state index contributed by atoms with van der Waals surface area (Å²) in [4.78, 5) is 39.5. The van der Waals surface area contributed by atoms with Crippen LogP contribution >= 0.6 is 0 Å². The van der Waals surface area contributed by atoms with E-state index in [-0.39, 0.29) is 42.1 Å². The third kappa shape index (κ3) is 6.03. The molecule has 0 aromatic heterocycles. The van der Waals surface area contributed by atoms with Crippen molar-refractivity contribution in [1.82, 2.24) is 10.2 Å². The lowest BCUT2D eigenvalue weighted by Gasteiger charge is -2.38. The molecule has 3 aliphatic heterocycles. The Bertz CT molecular complexity index is 1420. The van der Waals surface area contributed by atoms with E-state index in [4.69, 9.17) is 14.2 Å². The number of hydrogen-bond acceptors (Lipinski definition) is 7. The molecule has 0 saturated heterocycles. The van der Waals surface area contributed by atoms with E-state index in [1.54, 1.807) is 6.07 Å². The van der Waals surface area contributed by atoms with Gasteiger partial charge >= 0.3 is 5.97 Å². The maximum absolute atomic E-state index is 13.4. The summed E-state index contributed by atoms with van der Waals surface area (Å²) >= 11 is 0. The predicted octanol–water partition coefficient (Wildman–Crippen LogP) is 4.51. The van der Waals surface area contributed by atoms with Gasteiger partial charge in [-0.2, -0.15) is 0 Å². The summed E-state index contributed by atoms with van der Waals surface area (Å²) in [5.41, 5.74) is 3.09. The molecule has 1 atom stereocenters. The van der Waals surface area contributed by atoms with Crippen molar-refractivity contribution < 1.29 is 33.7 Å². The first kappa shape index (κ1) is 27.1. The zero-order valence-electron chi connectivity index (χ0n) is 22.4. The van der Waals surface area contributed by atoms with Gasteiger partial charge in [0, 0.05) is 25.9 Å². The molecule has 0 fully saturated rings. The van der Waals surface area contributed by atoms with Crippen molar-refractivity contribution in [3.8, 4) is 23.0 Å². The van der Waals surface area contributed by atoms with Crippen LogP contribution in [0.2, 0.25) is 0 Å². The maximum atomic E-state index is 13.4. The van der Waals surface area contributed by atoms with Crippen LogP contribution in [0.15, 0.2) is 60.7 Å². The van der Waals surface area contributed by atoms with Gasteiger partial charge in [-0.15, -0.1) is 0 Å². The third-order valence-electron chi connectivity index (χ3n) is 7.16. The molecule has 2 amide bonds. The molecular formula is C31H32N2O7. The number of methoxy groups -OCH3 is 1. The summed E-state index contributed by atoms with van der Waals surface area (Å²) in [7, 11) is 1.34. The van der Waals surface area contributed by atoms with Crippen LogP contribution in [0.5, 0.6) is 23.0 Å². The molecule has 2 N–H and O–H groups in total. The topological polar surface area (TPSA) is 114 Å². The van der Waals surface area contributed by atoms with Crippen LogP contribution < -0.4 is 14.8 Å². The summed E-state index contributed by atoms with van der Waals surface area (Å²) in [5.74, 6) is 0.805. The van der Waals surface area contributed by atoms with E-state index < -0.39 is 5.91 Å². The third-order valence-corrected chi connectivity index (χ3v) is 7.16. The van der Waals surface area contributed by atoms with Crippen LogP contribution in [0, 0.1) is 0 Å². The van der Waals surface area contributed by atoms with Crippen molar-refractivity contribution in [2.45, 2.75) is 38.1 Å². The second kappa shape index (κ2) is 12.1. The molecule has 9 heteroatoms. The van der Waals surface area contributed by atoms with Crippen molar-refractivity contribution in [2.24, 2.45) is 0 Å². The molecule has 6 rings (SSSR count). The normalized spacial score (nSPS) is 16.6. The lowest BCUT2D eigenvalue weighted by atomic mass is 9.87. The van der Waals surface area contributed by atoms with Gasteiger partial charge in [0.2, 0.25) is 5.91 Å². The van der Waals surface area contributed by atoms with Gasteiger partial charge in [0.1, 0.15) is 23.0 Å². The summed E-state index contributed by atoms with van der Waals surface area (Å²) in [6.45, 7) is 1.25. The molecule has 208 valence electrons. The van der Waals surface area contributed by atoms with Crippen LogP contribution in [-0.2, 0) is 20.7 Å². The number of nitrogens with zero attached hydrogens (tertiary/aromatic N) is 1. The van der Waals surface area contributed by atoms with Gasteiger partial charge in [0.15, 0.2) is 0 Å². The molecular weight excluding hydrogens is 512 g/mol. The predicted molar refractivity (Wildman–Crippen MR) is 147 cm³/mol. The summed E-state index contributed by atoms with van der Waals surface area (Å²) in [6, 6.07) is 17.7. The van der Waals surface area contributed by atoms with Gasteiger partial charge in [0.05, 0.1) is 25.3 Å². The summed E-state index contributed by atoms with van der Waals surface area (Å²) in [5, 5.41) is 13.1. The Morgan fingerprint density at radius 3 is 2.73 bits per heavy atom. The highest BCUT2D eigenvalue weighted by Crippen LogP contribution is 2.39. The molecule has 0 saturated carbocycles. The van der Waals surface area contributed by atoms with Crippen LogP contribution in [0.25, 0.3) is 0 Å². The van der Waals surface area contributed by atoms with Gasteiger partial charge < -0.3 is 29.5 Å². The highest BCUT2D eigenvalue weighted by Gasteiger charge is 2.32. The number of aromatic hydroxyl groups is 1. The second-order valence-corrected chi connectivity index (χ2v) is 9.84. The average Bonchev–Trinajstić information content (AvgIpc) is 2.96. The number of carbonyl (C=O) groups excluding carboxylic acids is 3. The average molecular weight is 545 g/mol. The molecule has 40 heavy (non-hydrogen) atoms. The monoisotopic (exact) mass is 544 g/mol. The molecule has 0 aliphatic carbocycles. The number of nitrogens with one attached hydrogen (secondary N) is 1. The minimum Gasteiger partial charge on any atom is -0.507 e. The molecule has 3 aliphatic rings. The maximum Gasteiger partial charge on any atom is 0.305 e. The highest BCUT2D eigenvalue weighted by atomic mass is 16.5. The lowest BCUT2D eigenvalue weighted by molar-refractivity contribution is -0.141. The Morgan fingerprint density at radius 2 is 1.88 bits per heavy atom. The smallest absolute Gasteiger partial charge is 0.305 e. The molecule has 0 spiro atoms. The Kier molecular flexibility index (Phi) is 8.19. The number of amides is 2. The Labute approximate surface area is 232 Å². The standard InChI is InChI=1S/C31H32N2O7/c1-38-29(36)8-3-7-28(35)33-15-13-20-17-23-9-11-25(20)30(33)21-5-2-6-22(18-21)39-16-4-14-32-31(37)26-19-24(40-23)10-12-27(26)34/h2,5-6,9-12,17-19,30,34H,3-4,7-8,13-16H2,1H3,(H,32,37). The van der Waals surface area contributed by atoms with Gasteiger partial charge in [-0.1, -0.05) is 18.2 Å². The van der Waals surface area contributed by atoms with E-state index in [9.17, 15) is 19.5 Å². The van der Waals surface area contributed by atoms with Crippen molar-refractivity contribution >= 4 is 17.8 Å². The molecule has 8 bridgehead atoms. The van der Waals surface area contributed by atoms with E-state index >= 15 is 0 Å². The molecule has 9 nitrogen and oxygen atoms in total. The largest absolute Gasteiger partial charge is 0.507 e. The number of esters is 1. The van der Waals surface area contributed by atoms with Gasteiger partial charge in [-0.3, -0.25) is 14.4 Å². The van der Waals surface area contributed by atoms with Crippen LogP contribution in [0.4, 0.5) is 0 Å². The highest BCUT2D eigenvalue weighted by molar-refractivity contribution is 5.97. The van der Waals surface area contributed by atoms with E-state index in [2.05, 4.69) is 5.32 Å². The van der Waals surface area contributed by atoms with Crippen LogP contribution in [0.3, 0.4) is 0 Å². The number of carbonyl (C=O) groups is 3. The van der Waals surface area contributed by atoms with Crippen molar-refractivity contribution in [1.29, 1.82) is 0 Å². The Hall–Kier alpha value is -4.53. The van der Waals surface area contributed by atoms with E-state index in [1.807, 2.05) is 47.4 Å². The first-order chi connectivity index (χ1) is 19.4. The SMILES string of the molecule is COC(=O)CCCC(=O)N1CCc2cc3ccc2C1c1cccc(c1)OCCCNC(=O)c1cc(ccc1O)O3. The fourth-order valence-electron chi connectivity index (χ4n) is 5.15. The minimum atomic E-state index is -0.393. The quantitative estimate of drug-likeness (QED) is 0.465. The minimum absolute atomic E-state index is 0.0271. The number of fused-ring (bicyclic) bond motifs is 6. The number of hydrogen-bond donors (Lipinski definition) is 2. The molecule has 3 heterocycles. The van der Waals surface area contributed by atoms with Crippen molar-refractivity contribution in [3.05, 3.63) is 82.9 Å². The van der Waals surface area contributed by atoms with E-state index in [0.29, 0.717) is 56.2 Å². The van der Waals surface area contributed by atoms with Crippen molar-refractivity contribution in [2.75, 3.05) is 26.8 Å². The van der Waals surface area contributed by atoms with E-state index in [1.165, 1.54) is 19.2 Å². The zero-order chi connectivity index (χ0) is 28.1. The number of benzene rings is 3. The number of rotatable bonds is 4. The fraction of sp³-hybridized carbons (Fsp3) is 0.323. The molecule has 3 aromatic carbocycles. The Morgan fingerprint density at radius 1 is 1.05 bits per heavy atom. The number of ether oxygens (including phenoxy) is 3. The van der Waals surface area contributed by atoms with Gasteiger partial charge in [-0.25, -0.2) is 0 Å². The zero-order valence-corrected chi connectivity index (χ0v) is 22.4. The lowest BCUT2D eigenvalue weighted by Crippen LogP contribution is -2.40. The van der Waals surface area contributed by atoms with Crippen LogP contribution in [0.1, 0.15) is 58.8 Å². The van der Waals surface area contributed by atoms with Crippen molar-refractivity contribution in [3.63, 3.8) is 0 Å². The molecule has 1 unspecified atom stereocenters. The van der Waals surface area contributed by atoms with Gasteiger partial charge in [-0.05, 0) is 78.4 Å². The number of phenolic OH excluding ortho intramolecular Hbond substituents is 1. The fourth-order valence-corrected chi connectivity index (χ4v) is 5.15. The first-order valence-corrected chi connectivity index (χ1v) is 13.4. The molecule has 3 aromatic rings. The summed E-state index contributed by atoms with van der Waals surface area (Å²) < 4.78 is 16.8. The Balaban J connectivity index is 1.51. The molecule has 0 radical (unpaired) electrons. The number of phenols is 1. The second-order valence-electron chi connectivity index (χ2n) is 9.84. The van der Waals surface area contributed by atoms with Crippen LogP contribution in [-0.4, -0.2) is 54.6 Å². The first-order valence-electron chi connectivity index (χ1n) is 13.4. The van der Waals surface area contributed by atoms with E-state index in [0.717, 1.165) is 16.7 Å². The summed E-state index contributed by atoms with van der Waals surface area (Å²) in [6.07, 6.45) is 2.05. The van der Waals surface area contributed by atoms with Gasteiger partial charge in [0.25, 0.3) is 5.91 Å².